The summed E-state index contributed by atoms with van der Waals surface area (Å²) >= 11 is 0. The smallest absolute Gasteiger partial charge is 0.276 e. The first-order chi connectivity index (χ1) is 11.2. The monoisotopic (exact) mass is 311 g/mol. The van der Waals surface area contributed by atoms with Gasteiger partial charge in [0.15, 0.2) is 0 Å². The second-order valence-electron chi connectivity index (χ2n) is 5.83. The molecule has 0 radical (unpaired) electrons. The fourth-order valence-electron chi connectivity index (χ4n) is 3.27. The van der Waals surface area contributed by atoms with Crippen molar-refractivity contribution in [1.82, 2.24) is 15.4 Å². The molecule has 0 bridgehead atoms. The Morgan fingerprint density at radius 1 is 1.39 bits per heavy atom. The average molecular weight is 311 g/mol. The zero-order valence-electron chi connectivity index (χ0n) is 13.2. The van der Waals surface area contributed by atoms with E-state index in [0.717, 1.165) is 37.2 Å². The van der Waals surface area contributed by atoms with Crippen LogP contribution in [0, 0.1) is 0 Å². The summed E-state index contributed by atoms with van der Waals surface area (Å²) in [5.74, 6) is -0.515. The van der Waals surface area contributed by atoms with Crippen LogP contribution in [0.3, 0.4) is 0 Å². The molecule has 1 aromatic carbocycles. The highest BCUT2D eigenvalue weighted by molar-refractivity contribution is 5.93. The van der Waals surface area contributed by atoms with Crippen LogP contribution < -0.4 is 5.48 Å². The molecule has 1 aliphatic heterocycles. The third-order valence-corrected chi connectivity index (χ3v) is 4.46. The van der Waals surface area contributed by atoms with E-state index in [2.05, 4.69) is 41.1 Å². The van der Waals surface area contributed by atoms with E-state index in [-0.39, 0.29) is 0 Å². The van der Waals surface area contributed by atoms with Crippen molar-refractivity contribution in [1.29, 1.82) is 0 Å². The summed E-state index contributed by atoms with van der Waals surface area (Å²) in [4.78, 5) is 18.4. The molecular formula is C18H21N3O2. The fraction of sp³-hybridized carbons (Fsp3) is 0.333. The van der Waals surface area contributed by atoms with Gasteiger partial charge < -0.3 is 0 Å². The lowest BCUT2D eigenvalue weighted by molar-refractivity contribution is 0.0705. The summed E-state index contributed by atoms with van der Waals surface area (Å²) in [6.07, 6.45) is 3.43. The lowest BCUT2D eigenvalue weighted by Gasteiger charge is -2.35. The van der Waals surface area contributed by atoms with Gasteiger partial charge in [0, 0.05) is 25.3 Å². The molecule has 0 saturated heterocycles. The van der Waals surface area contributed by atoms with Crippen molar-refractivity contribution < 1.29 is 10.0 Å². The predicted molar refractivity (Wildman–Crippen MR) is 87.1 cm³/mol. The summed E-state index contributed by atoms with van der Waals surface area (Å²) in [6.45, 7) is 3.92. The number of nitrogens with zero attached hydrogens (tertiary/aromatic N) is 2. The molecule has 1 aliphatic rings. The Hall–Kier alpha value is -2.24. The van der Waals surface area contributed by atoms with E-state index in [1.54, 1.807) is 5.48 Å². The lowest BCUT2D eigenvalue weighted by atomic mass is 9.97. The van der Waals surface area contributed by atoms with E-state index in [0.29, 0.717) is 11.6 Å². The predicted octanol–water partition coefficient (Wildman–Crippen LogP) is 2.71. The van der Waals surface area contributed by atoms with E-state index < -0.39 is 5.91 Å². The maximum atomic E-state index is 11.5. The quantitative estimate of drug-likeness (QED) is 0.673. The van der Waals surface area contributed by atoms with E-state index in [1.165, 1.54) is 11.8 Å². The number of aromatic nitrogens is 1. The van der Waals surface area contributed by atoms with Crippen molar-refractivity contribution in [3.05, 3.63) is 65.0 Å². The average Bonchev–Trinajstić information content (AvgIpc) is 2.62. The largest absolute Gasteiger partial charge is 0.290 e. The van der Waals surface area contributed by atoms with Gasteiger partial charge in [-0.05, 0) is 30.0 Å². The van der Waals surface area contributed by atoms with Gasteiger partial charge in [-0.2, -0.15) is 0 Å². The minimum Gasteiger partial charge on any atom is -0.290 e. The first-order valence-corrected chi connectivity index (χ1v) is 7.94. The minimum atomic E-state index is -0.515. The van der Waals surface area contributed by atoms with Crippen molar-refractivity contribution in [2.24, 2.45) is 0 Å². The van der Waals surface area contributed by atoms with Gasteiger partial charge in [0.2, 0.25) is 0 Å². The maximum Gasteiger partial charge on any atom is 0.276 e. The molecule has 0 spiro atoms. The van der Waals surface area contributed by atoms with Gasteiger partial charge in [-0.1, -0.05) is 37.3 Å². The highest BCUT2D eigenvalue weighted by Gasteiger charge is 2.25. The Balaban J connectivity index is 1.81. The number of amides is 1. The van der Waals surface area contributed by atoms with E-state index in [4.69, 9.17) is 5.21 Å². The van der Waals surface area contributed by atoms with Crippen molar-refractivity contribution in [2.75, 3.05) is 6.54 Å². The van der Waals surface area contributed by atoms with Crippen molar-refractivity contribution in [3.63, 3.8) is 0 Å². The molecule has 0 unspecified atom stereocenters. The van der Waals surface area contributed by atoms with Gasteiger partial charge in [-0.3, -0.25) is 19.9 Å². The molecule has 2 aromatic rings. The van der Waals surface area contributed by atoms with Gasteiger partial charge in [-0.15, -0.1) is 0 Å². The normalized spacial score (nSPS) is 15.7. The number of benzene rings is 1. The molecule has 1 aromatic heterocycles. The van der Waals surface area contributed by atoms with Crippen LogP contribution in [0.5, 0.6) is 0 Å². The Labute approximate surface area is 135 Å². The Morgan fingerprint density at radius 2 is 2.17 bits per heavy atom. The van der Waals surface area contributed by atoms with Crippen LogP contribution in [-0.2, 0) is 13.0 Å². The lowest BCUT2D eigenvalue weighted by Crippen LogP contribution is -2.34. The third-order valence-electron chi connectivity index (χ3n) is 4.46. The van der Waals surface area contributed by atoms with Crippen LogP contribution in [0.2, 0.25) is 0 Å². The Bertz CT molecular complexity index is 688. The number of fused-ring (bicyclic) bond motifs is 1. The molecule has 2 N–H and O–H groups in total. The number of hydroxylamine groups is 1. The van der Waals surface area contributed by atoms with E-state index >= 15 is 0 Å². The number of hydrogen-bond acceptors (Lipinski definition) is 4. The number of rotatable bonds is 4. The molecule has 0 saturated carbocycles. The van der Waals surface area contributed by atoms with Gasteiger partial charge in [0.25, 0.3) is 5.91 Å². The van der Waals surface area contributed by atoms with Crippen LogP contribution >= 0.6 is 0 Å². The van der Waals surface area contributed by atoms with Crippen molar-refractivity contribution in [2.45, 2.75) is 32.4 Å². The van der Waals surface area contributed by atoms with Gasteiger partial charge >= 0.3 is 0 Å². The van der Waals surface area contributed by atoms with Gasteiger partial charge in [0.05, 0.1) is 11.3 Å². The maximum absolute atomic E-state index is 11.5. The van der Waals surface area contributed by atoms with Crippen LogP contribution in [-0.4, -0.2) is 27.5 Å². The first kappa shape index (κ1) is 15.6. The third kappa shape index (κ3) is 3.25. The molecule has 120 valence electrons. The molecule has 1 amide bonds. The summed E-state index contributed by atoms with van der Waals surface area (Å²) in [5.41, 5.74) is 5.48. The van der Waals surface area contributed by atoms with E-state index in [1.807, 2.05) is 12.1 Å². The molecule has 0 aliphatic carbocycles. The molecule has 1 atom stereocenters. The SMILES string of the molecule is CC[C@@H](c1ccccc1)N1CCc2cc(C(=O)NO)cnc2C1. The molecule has 5 nitrogen and oxygen atoms in total. The topological polar surface area (TPSA) is 65.5 Å². The zero-order valence-corrected chi connectivity index (χ0v) is 13.2. The highest BCUT2D eigenvalue weighted by Crippen LogP contribution is 2.29. The first-order valence-electron chi connectivity index (χ1n) is 7.94. The number of hydrogen-bond donors (Lipinski definition) is 2. The summed E-state index contributed by atoms with van der Waals surface area (Å²) in [5, 5.41) is 8.73. The Kier molecular flexibility index (Phi) is 4.69. The van der Waals surface area contributed by atoms with Gasteiger partial charge in [0.1, 0.15) is 0 Å². The van der Waals surface area contributed by atoms with Crippen LogP contribution in [0.15, 0.2) is 42.6 Å². The molecule has 23 heavy (non-hydrogen) atoms. The van der Waals surface area contributed by atoms with E-state index in [9.17, 15) is 4.79 Å². The van der Waals surface area contributed by atoms with Gasteiger partial charge in [-0.25, -0.2) is 5.48 Å². The van der Waals surface area contributed by atoms with Crippen LogP contribution in [0.25, 0.3) is 0 Å². The second-order valence-corrected chi connectivity index (χ2v) is 5.83. The molecule has 0 fully saturated rings. The zero-order chi connectivity index (χ0) is 16.2. The fourth-order valence-corrected chi connectivity index (χ4v) is 3.27. The number of carbonyl (C=O) groups is 1. The second kappa shape index (κ2) is 6.89. The standard InChI is InChI=1S/C18H21N3O2/c1-2-17(13-6-4-3-5-7-13)21-9-8-14-10-15(18(22)20-23)11-19-16(14)12-21/h3-7,10-11,17,23H,2,8-9,12H2,1H3,(H,20,22)/t17-/m0/s1. The summed E-state index contributed by atoms with van der Waals surface area (Å²) in [6, 6.07) is 12.7. The number of pyridine rings is 1. The molecule has 5 heteroatoms. The highest BCUT2D eigenvalue weighted by atomic mass is 16.5. The summed E-state index contributed by atoms with van der Waals surface area (Å²) < 4.78 is 0. The summed E-state index contributed by atoms with van der Waals surface area (Å²) in [7, 11) is 0. The molecule has 2 heterocycles. The van der Waals surface area contributed by atoms with Crippen molar-refractivity contribution >= 4 is 5.91 Å². The van der Waals surface area contributed by atoms with Crippen LogP contribution in [0.4, 0.5) is 0 Å². The molecular weight excluding hydrogens is 290 g/mol. The number of carbonyl (C=O) groups excluding carboxylic acids is 1. The van der Waals surface area contributed by atoms with Crippen LogP contribution in [0.1, 0.15) is 46.6 Å². The Morgan fingerprint density at radius 3 is 2.87 bits per heavy atom. The number of nitrogens with one attached hydrogen (secondary N) is 1. The molecule has 3 rings (SSSR count). The minimum absolute atomic E-state index is 0.381. The van der Waals surface area contributed by atoms with Crippen molar-refractivity contribution in [3.8, 4) is 0 Å².